The molecule has 33 heavy (non-hydrogen) atoms. The number of carboxylic acid groups (broad SMARTS) is 4. The van der Waals surface area contributed by atoms with Gasteiger partial charge in [0.05, 0.1) is 12.7 Å². The third kappa shape index (κ3) is 11.9. The van der Waals surface area contributed by atoms with Gasteiger partial charge in [-0.05, 0) is 19.4 Å². The molecule has 2 fully saturated rings. The molecular formula is C21H30N2O10. The molecule has 0 spiro atoms. The van der Waals surface area contributed by atoms with E-state index in [-0.39, 0.29) is 6.10 Å². The maximum Gasteiger partial charge on any atom is 0.414 e. The SMILES string of the molecule is CC1(C)OCC(CN2CCN(Cc3ccccc3)CC2)O1.O=C(O)C(=O)O.O=C(O)C(=O)O. The summed E-state index contributed by atoms with van der Waals surface area (Å²) in [5, 5.41) is 29.6. The fraction of sp³-hybridized carbons (Fsp3) is 0.524. The van der Waals surface area contributed by atoms with Crippen LogP contribution in [-0.4, -0.2) is 105 Å². The molecule has 2 aliphatic heterocycles. The Morgan fingerprint density at radius 2 is 1.30 bits per heavy atom. The average molecular weight is 470 g/mol. The predicted molar refractivity (Wildman–Crippen MR) is 114 cm³/mol. The maximum atomic E-state index is 9.10. The van der Waals surface area contributed by atoms with Gasteiger partial charge in [-0.2, -0.15) is 0 Å². The lowest BCUT2D eigenvalue weighted by Gasteiger charge is -2.35. The van der Waals surface area contributed by atoms with E-state index in [2.05, 4.69) is 40.1 Å². The van der Waals surface area contributed by atoms with Gasteiger partial charge in [0.25, 0.3) is 0 Å². The molecule has 1 aromatic carbocycles. The van der Waals surface area contributed by atoms with Crippen LogP contribution in [0.4, 0.5) is 0 Å². The summed E-state index contributed by atoms with van der Waals surface area (Å²) in [6, 6.07) is 10.7. The Kier molecular flexibility index (Phi) is 11.4. The molecule has 4 N–H and O–H groups in total. The molecule has 3 rings (SSSR count). The van der Waals surface area contributed by atoms with E-state index in [0.29, 0.717) is 0 Å². The van der Waals surface area contributed by atoms with E-state index < -0.39 is 29.7 Å². The van der Waals surface area contributed by atoms with Gasteiger partial charge in [0.2, 0.25) is 0 Å². The molecular weight excluding hydrogens is 440 g/mol. The van der Waals surface area contributed by atoms with Crippen molar-refractivity contribution in [1.29, 1.82) is 0 Å². The van der Waals surface area contributed by atoms with Crippen LogP contribution in [0.1, 0.15) is 19.4 Å². The standard InChI is InChI=1S/C17H26N2O2.2C2H2O4/c1-17(2)20-14-16(21-17)13-19-10-8-18(9-11-19)12-15-6-4-3-5-7-15;2*3-1(4)2(5)6/h3-7,16H,8-14H2,1-2H3;2*(H,3,4)(H,5,6). The quantitative estimate of drug-likeness (QED) is 0.443. The zero-order valence-electron chi connectivity index (χ0n) is 18.5. The Balaban J connectivity index is 0.000000377. The number of rotatable bonds is 4. The zero-order chi connectivity index (χ0) is 25.0. The first kappa shape index (κ1) is 28.0. The molecule has 0 radical (unpaired) electrons. The number of carboxylic acids is 4. The molecule has 2 heterocycles. The number of aliphatic carboxylic acids is 4. The smallest absolute Gasteiger partial charge is 0.414 e. The molecule has 0 aliphatic carbocycles. The molecule has 1 unspecified atom stereocenters. The molecule has 2 saturated heterocycles. The highest BCUT2D eigenvalue weighted by Gasteiger charge is 2.34. The second-order valence-corrected chi connectivity index (χ2v) is 7.73. The van der Waals surface area contributed by atoms with Crippen molar-refractivity contribution in [1.82, 2.24) is 9.80 Å². The van der Waals surface area contributed by atoms with Crippen LogP contribution in [-0.2, 0) is 35.2 Å². The lowest BCUT2D eigenvalue weighted by Crippen LogP contribution is -2.48. The molecule has 0 amide bonds. The third-order valence-electron chi connectivity index (χ3n) is 4.61. The lowest BCUT2D eigenvalue weighted by atomic mass is 10.2. The molecule has 12 nitrogen and oxygen atoms in total. The van der Waals surface area contributed by atoms with E-state index in [9.17, 15) is 0 Å². The molecule has 0 saturated carbocycles. The van der Waals surface area contributed by atoms with Crippen LogP contribution in [0.5, 0.6) is 0 Å². The van der Waals surface area contributed by atoms with Gasteiger partial charge in [0.15, 0.2) is 5.79 Å². The van der Waals surface area contributed by atoms with Gasteiger partial charge in [-0.1, -0.05) is 30.3 Å². The van der Waals surface area contributed by atoms with Crippen molar-refractivity contribution in [2.75, 3.05) is 39.3 Å². The van der Waals surface area contributed by atoms with Crippen molar-refractivity contribution >= 4 is 23.9 Å². The number of benzene rings is 1. The topological polar surface area (TPSA) is 174 Å². The summed E-state index contributed by atoms with van der Waals surface area (Å²) in [6.45, 7) is 11.2. The van der Waals surface area contributed by atoms with E-state index >= 15 is 0 Å². The van der Waals surface area contributed by atoms with E-state index in [0.717, 1.165) is 45.9 Å². The van der Waals surface area contributed by atoms with Crippen LogP contribution in [0, 0.1) is 0 Å². The van der Waals surface area contributed by atoms with Crippen molar-refractivity contribution in [2.24, 2.45) is 0 Å². The summed E-state index contributed by atoms with van der Waals surface area (Å²) in [6.07, 6.45) is 0.223. The van der Waals surface area contributed by atoms with Crippen molar-refractivity contribution in [3.63, 3.8) is 0 Å². The number of hydrogen-bond acceptors (Lipinski definition) is 8. The molecule has 1 aromatic rings. The Morgan fingerprint density at radius 1 is 0.848 bits per heavy atom. The second-order valence-electron chi connectivity index (χ2n) is 7.73. The van der Waals surface area contributed by atoms with E-state index in [1.807, 2.05) is 13.8 Å². The van der Waals surface area contributed by atoms with E-state index in [1.165, 1.54) is 5.56 Å². The summed E-state index contributed by atoms with van der Waals surface area (Å²) in [7, 11) is 0. The minimum Gasteiger partial charge on any atom is -0.473 e. The van der Waals surface area contributed by atoms with Crippen LogP contribution in [0.15, 0.2) is 30.3 Å². The minimum absolute atomic E-state index is 0.223. The molecule has 2 aliphatic rings. The van der Waals surface area contributed by atoms with Gasteiger partial charge in [0, 0.05) is 39.3 Å². The first-order valence-electron chi connectivity index (χ1n) is 10.1. The van der Waals surface area contributed by atoms with E-state index in [1.54, 1.807) is 0 Å². The summed E-state index contributed by atoms with van der Waals surface area (Å²) < 4.78 is 11.5. The van der Waals surface area contributed by atoms with Crippen molar-refractivity contribution < 1.29 is 49.1 Å². The van der Waals surface area contributed by atoms with E-state index in [4.69, 9.17) is 49.1 Å². The van der Waals surface area contributed by atoms with Crippen LogP contribution in [0.3, 0.4) is 0 Å². The average Bonchev–Trinajstić information content (AvgIpc) is 3.09. The van der Waals surface area contributed by atoms with Crippen LogP contribution in [0.25, 0.3) is 0 Å². The number of ether oxygens (including phenoxy) is 2. The summed E-state index contributed by atoms with van der Waals surface area (Å²) >= 11 is 0. The largest absolute Gasteiger partial charge is 0.473 e. The van der Waals surface area contributed by atoms with Gasteiger partial charge in [-0.3, -0.25) is 9.80 Å². The lowest BCUT2D eigenvalue weighted by molar-refractivity contribution is -0.159. The Labute approximate surface area is 190 Å². The number of piperazine rings is 1. The number of carbonyl (C=O) groups is 4. The van der Waals surface area contributed by atoms with Crippen LogP contribution < -0.4 is 0 Å². The van der Waals surface area contributed by atoms with Gasteiger partial charge in [0.1, 0.15) is 0 Å². The van der Waals surface area contributed by atoms with Crippen LogP contribution >= 0.6 is 0 Å². The molecule has 0 bridgehead atoms. The first-order valence-corrected chi connectivity index (χ1v) is 10.1. The molecule has 12 heteroatoms. The van der Waals surface area contributed by atoms with Crippen LogP contribution in [0.2, 0.25) is 0 Å². The number of hydrogen-bond donors (Lipinski definition) is 4. The Bertz CT molecular complexity index is 743. The normalized spacial score (nSPS) is 19.9. The van der Waals surface area contributed by atoms with Gasteiger partial charge >= 0.3 is 23.9 Å². The molecule has 1 atom stereocenters. The summed E-state index contributed by atoms with van der Waals surface area (Å²) in [4.78, 5) is 41.4. The highest BCUT2D eigenvalue weighted by atomic mass is 16.7. The summed E-state index contributed by atoms with van der Waals surface area (Å²) in [5.74, 6) is -7.70. The van der Waals surface area contributed by atoms with Crippen molar-refractivity contribution in [2.45, 2.75) is 32.3 Å². The monoisotopic (exact) mass is 470 g/mol. The predicted octanol–water partition coefficient (Wildman–Crippen LogP) is 0.267. The first-order chi connectivity index (χ1) is 15.4. The fourth-order valence-electron chi connectivity index (χ4n) is 3.11. The highest BCUT2D eigenvalue weighted by Crippen LogP contribution is 2.23. The van der Waals surface area contributed by atoms with Gasteiger partial charge in [-0.15, -0.1) is 0 Å². The molecule has 0 aromatic heterocycles. The fourth-order valence-corrected chi connectivity index (χ4v) is 3.11. The Morgan fingerprint density at radius 3 is 1.70 bits per heavy atom. The Hall–Kier alpha value is -3.06. The maximum absolute atomic E-state index is 9.10. The molecule has 184 valence electrons. The van der Waals surface area contributed by atoms with Crippen molar-refractivity contribution in [3.8, 4) is 0 Å². The number of nitrogens with zero attached hydrogens (tertiary/aromatic N) is 2. The van der Waals surface area contributed by atoms with Crippen molar-refractivity contribution in [3.05, 3.63) is 35.9 Å². The third-order valence-corrected chi connectivity index (χ3v) is 4.61. The minimum atomic E-state index is -1.82. The highest BCUT2D eigenvalue weighted by molar-refractivity contribution is 6.27. The van der Waals surface area contributed by atoms with Gasteiger partial charge < -0.3 is 29.9 Å². The second kappa shape index (κ2) is 13.5. The summed E-state index contributed by atoms with van der Waals surface area (Å²) in [5.41, 5.74) is 1.40. The van der Waals surface area contributed by atoms with Gasteiger partial charge in [-0.25, -0.2) is 19.2 Å². The zero-order valence-corrected chi connectivity index (χ0v) is 18.5.